The van der Waals surface area contributed by atoms with Crippen LogP contribution in [0.1, 0.15) is 17.4 Å². The first-order valence-corrected chi connectivity index (χ1v) is 6.83. The van der Waals surface area contributed by atoms with Crippen LogP contribution in [0.15, 0.2) is 41.3 Å². The summed E-state index contributed by atoms with van der Waals surface area (Å²) in [5.41, 5.74) is 6.91. The van der Waals surface area contributed by atoms with Gasteiger partial charge in [-0.2, -0.15) is 0 Å². The highest BCUT2D eigenvalue weighted by atomic mass is 32.2. The molecule has 4 nitrogen and oxygen atoms in total. The third-order valence-corrected chi connectivity index (χ3v) is 3.49. The summed E-state index contributed by atoms with van der Waals surface area (Å²) in [7, 11) is 0. The second kappa shape index (κ2) is 5.75. The van der Waals surface area contributed by atoms with Crippen molar-refractivity contribution >= 4 is 23.5 Å². The van der Waals surface area contributed by atoms with Gasteiger partial charge in [0.1, 0.15) is 5.82 Å². The average molecular weight is 274 g/mol. The highest BCUT2D eigenvalue weighted by Crippen LogP contribution is 2.26. The minimum Gasteiger partial charge on any atom is -0.476 e. The van der Waals surface area contributed by atoms with E-state index < -0.39 is 5.97 Å². The molecule has 3 N–H and O–H groups in total. The fourth-order valence-corrected chi connectivity index (χ4v) is 2.43. The van der Waals surface area contributed by atoms with Crippen LogP contribution >= 0.6 is 11.8 Å². The number of benzene rings is 1. The summed E-state index contributed by atoms with van der Waals surface area (Å²) in [5, 5.41) is 9.17. The number of nitrogen functional groups attached to an aromatic ring is 1. The first kappa shape index (κ1) is 13.4. The van der Waals surface area contributed by atoms with Gasteiger partial charge in [-0.15, -0.1) is 11.8 Å². The number of thioether (sulfide) groups is 1. The first-order chi connectivity index (χ1) is 9.11. The predicted octanol–water partition coefficient (Wildman–Crippen LogP) is 3.14. The summed E-state index contributed by atoms with van der Waals surface area (Å²) in [6.45, 7) is 2.09. The molecule has 2 rings (SSSR count). The van der Waals surface area contributed by atoms with E-state index in [4.69, 9.17) is 10.8 Å². The van der Waals surface area contributed by atoms with E-state index in [1.807, 2.05) is 24.3 Å². The topological polar surface area (TPSA) is 76.2 Å². The van der Waals surface area contributed by atoms with Crippen LogP contribution in [0.2, 0.25) is 0 Å². The third-order valence-electron chi connectivity index (χ3n) is 2.60. The lowest BCUT2D eigenvalue weighted by molar-refractivity contribution is 0.0691. The van der Waals surface area contributed by atoms with Gasteiger partial charge in [0, 0.05) is 10.5 Å². The van der Waals surface area contributed by atoms with Gasteiger partial charge in [-0.05, 0) is 35.6 Å². The molecule has 0 saturated carbocycles. The molecular weight excluding hydrogens is 260 g/mol. The first-order valence-electron chi connectivity index (χ1n) is 5.85. The summed E-state index contributed by atoms with van der Waals surface area (Å²) < 4.78 is 0. The number of aromatic carboxylic acids is 1. The van der Waals surface area contributed by atoms with E-state index in [1.54, 1.807) is 23.9 Å². The predicted molar refractivity (Wildman–Crippen MR) is 77.4 cm³/mol. The lowest BCUT2D eigenvalue weighted by Gasteiger charge is -2.07. The number of hydrogen-bond acceptors (Lipinski definition) is 4. The standard InChI is InChI=1S/C14H14N2O2S/c1-2-19-10-5-3-9(4-6-10)11-7-8-12(15)16-13(11)14(17)18/h3-8H,2H2,1H3,(H2,15,16)(H,17,18). The Bertz CT molecular complexity index is 597. The number of carbonyl (C=O) groups is 1. The molecule has 0 aliphatic carbocycles. The van der Waals surface area contributed by atoms with Crippen LogP contribution < -0.4 is 5.73 Å². The number of pyridine rings is 1. The number of carboxylic acids is 1. The lowest BCUT2D eigenvalue weighted by atomic mass is 10.0. The Morgan fingerprint density at radius 3 is 2.53 bits per heavy atom. The molecule has 1 aromatic carbocycles. The molecule has 0 unspecified atom stereocenters. The number of rotatable bonds is 4. The minimum atomic E-state index is -1.07. The van der Waals surface area contributed by atoms with Gasteiger partial charge < -0.3 is 10.8 Å². The molecule has 5 heteroatoms. The van der Waals surface area contributed by atoms with Crippen LogP contribution in [0.4, 0.5) is 5.82 Å². The maximum absolute atomic E-state index is 11.2. The fraction of sp³-hybridized carbons (Fsp3) is 0.143. The highest BCUT2D eigenvalue weighted by molar-refractivity contribution is 7.99. The van der Waals surface area contributed by atoms with Gasteiger partial charge in [-0.3, -0.25) is 0 Å². The Kier molecular flexibility index (Phi) is 4.06. The van der Waals surface area contributed by atoms with Crippen molar-refractivity contribution in [2.24, 2.45) is 0 Å². The molecule has 0 aliphatic heterocycles. The maximum atomic E-state index is 11.2. The number of hydrogen-bond donors (Lipinski definition) is 2. The van der Waals surface area contributed by atoms with Crippen molar-refractivity contribution in [2.45, 2.75) is 11.8 Å². The molecule has 0 bridgehead atoms. The van der Waals surface area contributed by atoms with Crippen molar-refractivity contribution in [3.8, 4) is 11.1 Å². The minimum absolute atomic E-state index is 0.0177. The van der Waals surface area contributed by atoms with Gasteiger partial charge in [0.2, 0.25) is 0 Å². The molecule has 19 heavy (non-hydrogen) atoms. The van der Waals surface area contributed by atoms with E-state index in [2.05, 4.69) is 11.9 Å². The number of carboxylic acid groups (broad SMARTS) is 1. The van der Waals surface area contributed by atoms with Gasteiger partial charge in [0.05, 0.1) is 0 Å². The van der Waals surface area contributed by atoms with Crippen LogP contribution in [0.3, 0.4) is 0 Å². The van der Waals surface area contributed by atoms with E-state index in [-0.39, 0.29) is 11.5 Å². The van der Waals surface area contributed by atoms with Crippen molar-refractivity contribution in [3.63, 3.8) is 0 Å². The van der Waals surface area contributed by atoms with E-state index in [1.165, 1.54) is 0 Å². The summed E-state index contributed by atoms with van der Waals surface area (Å²) >= 11 is 1.74. The fourth-order valence-electron chi connectivity index (χ4n) is 1.77. The quantitative estimate of drug-likeness (QED) is 0.838. The molecule has 0 fully saturated rings. The largest absolute Gasteiger partial charge is 0.476 e. The molecule has 98 valence electrons. The molecule has 0 amide bonds. The Labute approximate surface area is 115 Å². The summed E-state index contributed by atoms with van der Waals surface area (Å²) in [4.78, 5) is 16.2. The molecule has 0 radical (unpaired) electrons. The van der Waals surface area contributed by atoms with Crippen LogP contribution in [0.5, 0.6) is 0 Å². The molecule has 0 saturated heterocycles. The van der Waals surface area contributed by atoms with Gasteiger partial charge in [0.25, 0.3) is 0 Å². The number of aromatic nitrogens is 1. The van der Waals surface area contributed by atoms with E-state index >= 15 is 0 Å². The summed E-state index contributed by atoms with van der Waals surface area (Å²) in [5.74, 6) is 0.136. The SMILES string of the molecule is CCSc1ccc(-c2ccc(N)nc2C(=O)O)cc1. The van der Waals surface area contributed by atoms with E-state index in [0.717, 1.165) is 16.2 Å². The molecule has 1 aromatic heterocycles. The van der Waals surface area contributed by atoms with Crippen molar-refractivity contribution < 1.29 is 9.90 Å². The van der Waals surface area contributed by atoms with Gasteiger partial charge in [-0.25, -0.2) is 9.78 Å². The molecule has 1 heterocycles. The second-order valence-electron chi connectivity index (χ2n) is 3.89. The van der Waals surface area contributed by atoms with Crippen molar-refractivity contribution in [3.05, 3.63) is 42.1 Å². The van der Waals surface area contributed by atoms with Crippen molar-refractivity contribution in [1.29, 1.82) is 0 Å². The lowest BCUT2D eigenvalue weighted by Crippen LogP contribution is -2.05. The van der Waals surface area contributed by atoms with Gasteiger partial charge >= 0.3 is 5.97 Å². The average Bonchev–Trinajstić information content (AvgIpc) is 2.40. The van der Waals surface area contributed by atoms with Crippen LogP contribution in [-0.2, 0) is 0 Å². The smallest absolute Gasteiger partial charge is 0.355 e. The Morgan fingerprint density at radius 1 is 1.26 bits per heavy atom. The molecule has 0 spiro atoms. The zero-order chi connectivity index (χ0) is 13.8. The Hall–Kier alpha value is -2.01. The van der Waals surface area contributed by atoms with Crippen LogP contribution in [0, 0.1) is 0 Å². The summed E-state index contributed by atoms with van der Waals surface area (Å²) in [6, 6.07) is 11.1. The zero-order valence-electron chi connectivity index (χ0n) is 10.5. The van der Waals surface area contributed by atoms with Crippen molar-refractivity contribution in [1.82, 2.24) is 4.98 Å². The monoisotopic (exact) mass is 274 g/mol. The number of nitrogens with two attached hydrogens (primary N) is 1. The summed E-state index contributed by atoms with van der Waals surface area (Å²) in [6.07, 6.45) is 0. The van der Waals surface area contributed by atoms with Crippen molar-refractivity contribution in [2.75, 3.05) is 11.5 Å². The zero-order valence-corrected chi connectivity index (χ0v) is 11.3. The Balaban J connectivity index is 2.43. The number of anilines is 1. The van der Waals surface area contributed by atoms with Gasteiger partial charge in [0.15, 0.2) is 5.69 Å². The third kappa shape index (κ3) is 3.06. The number of nitrogens with zero attached hydrogens (tertiary/aromatic N) is 1. The normalized spacial score (nSPS) is 10.4. The molecule has 0 atom stereocenters. The van der Waals surface area contributed by atoms with Crippen LogP contribution in [0.25, 0.3) is 11.1 Å². The molecular formula is C14H14N2O2S. The Morgan fingerprint density at radius 2 is 1.95 bits per heavy atom. The van der Waals surface area contributed by atoms with E-state index in [9.17, 15) is 4.79 Å². The van der Waals surface area contributed by atoms with Crippen LogP contribution in [-0.4, -0.2) is 21.8 Å². The maximum Gasteiger partial charge on any atom is 0.355 e. The van der Waals surface area contributed by atoms with Gasteiger partial charge in [-0.1, -0.05) is 19.1 Å². The highest BCUT2D eigenvalue weighted by Gasteiger charge is 2.13. The van der Waals surface area contributed by atoms with E-state index in [0.29, 0.717) is 5.56 Å². The molecule has 2 aromatic rings. The molecule has 0 aliphatic rings. The second-order valence-corrected chi connectivity index (χ2v) is 5.23.